The van der Waals surface area contributed by atoms with Crippen LogP contribution in [0, 0.1) is 5.82 Å². The Morgan fingerprint density at radius 2 is 1.95 bits per heavy atom. The molecule has 0 bridgehead atoms. The molecule has 0 aromatic heterocycles. The van der Waals surface area contributed by atoms with Crippen molar-refractivity contribution in [3.63, 3.8) is 0 Å². The van der Waals surface area contributed by atoms with E-state index >= 15 is 0 Å². The van der Waals surface area contributed by atoms with E-state index in [1.165, 1.54) is 24.3 Å². The van der Waals surface area contributed by atoms with Gasteiger partial charge in [-0.15, -0.1) is 0 Å². The second-order valence-electron chi connectivity index (χ2n) is 6.00. The summed E-state index contributed by atoms with van der Waals surface area (Å²) in [6.07, 6.45) is 2.19. The first-order valence-electron chi connectivity index (χ1n) is 7.38. The van der Waals surface area contributed by atoms with E-state index in [1.54, 1.807) is 4.90 Å². The summed E-state index contributed by atoms with van der Waals surface area (Å²) < 4.78 is 12.8. The third-order valence-corrected chi connectivity index (χ3v) is 4.13. The van der Waals surface area contributed by atoms with Crippen molar-refractivity contribution in [2.75, 3.05) is 18.4 Å². The highest BCUT2D eigenvalue weighted by Crippen LogP contribution is 2.35. The number of carbonyl (C=O) groups excluding carboxylic acids is 2. The lowest BCUT2D eigenvalue weighted by atomic mass is 10.2. The van der Waals surface area contributed by atoms with Gasteiger partial charge in [-0.25, -0.2) is 9.18 Å². The molecule has 1 aliphatic heterocycles. The van der Waals surface area contributed by atoms with Crippen LogP contribution in [0.3, 0.4) is 0 Å². The van der Waals surface area contributed by atoms with Crippen molar-refractivity contribution < 1.29 is 14.0 Å². The lowest BCUT2D eigenvalue weighted by Gasteiger charge is -2.20. The number of nitrogens with one attached hydrogen (secondary N) is 2. The highest BCUT2D eigenvalue weighted by atomic mass is 19.1. The van der Waals surface area contributed by atoms with E-state index in [9.17, 15) is 14.0 Å². The smallest absolute Gasteiger partial charge is 0.319 e. The van der Waals surface area contributed by atoms with Gasteiger partial charge in [0.25, 0.3) is 0 Å². The van der Waals surface area contributed by atoms with Crippen molar-refractivity contribution >= 4 is 17.6 Å². The van der Waals surface area contributed by atoms with Crippen molar-refractivity contribution in [3.8, 4) is 0 Å². The van der Waals surface area contributed by atoms with Crippen LogP contribution in [-0.2, 0) is 4.79 Å². The number of nitrogens with two attached hydrogens (primary N) is 1. The molecular weight excluding hydrogens is 287 g/mol. The van der Waals surface area contributed by atoms with Crippen LogP contribution < -0.4 is 16.4 Å². The Balaban J connectivity index is 1.48. The van der Waals surface area contributed by atoms with Crippen LogP contribution >= 0.6 is 0 Å². The fourth-order valence-electron chi connectivity index (χ4n) is 2.61. The SMILES string of the molecule is NC1(C(=O)N2CCC(NC(=O)Nc3ccc(F)cc3)C2)CC1. The summed E-state index contributed by atoms with van der Waals surface area (Å²) in [5, 5.41) is 5.46. The molecule has 0 radical (unpaired) electrons. The Kier molecular flexibility index (Phi) is 3.74. The van der Waals surface area contributed by atoms with E-state index in [1.807, 2.05) is 0 Å². The van der Waals surface area contributed by atoms with Crippen LogP contribution in [0.2, 0.25) is 0 Å². The molecule has 0 spiro atoms. The highest BCUT2D eigenvalue weighted by Gasteiger charge is 2.49. The van der Waals surface area contributed by atoms with Crippen LogP contribution in [0.15, 0.2) is 24.3 Å². The maximum atomic E-state index is 12.8. The summed E-state index contributed by atoms with van der Waals surface area (Å²) in [6.45, 7) is 1.09. The number of anilines is 1. The van der Waals surface area contributed by atoms with Gasteiger partial charge in [0.05, 0.1) is 5.54 Å². The lowest BCUT2D eigenvalue weighted by molar-refractivity contribution is -0.132. The number of benzene rings is 1. The molecule has 1 atom stereocenters. The van der Waals surface area contributed by atoms with Crippen LogP contribution in [0.5, 0.6) is 0 Å². The van der Waals surface area contributed by atoms with Crippen LogP contribution in [0.25, 0.3) is 0 Å². The number of nitrogens with zero attached hydrogens (tertiary/aromatic N) is 1. The van der Waals surface area contributed by atoms with Crippen molar-refractivity contribution in [3.05, 3.63) is 30.1 Å². The minimum absolute atomic E-state index is 0.0178. The zero-order chi connectivity index (χ0) is 15.7. The molecule has 1 heterocycles. The molecule has 22 heavy (non-hydrogen) atoms. The molecule has 2 aliphatic rings. The fourth-order valence-corrected chi connectivity index (χ4v) is 2.61. The molecule has 3 amide bonds. The van der Waals surface area contributed by atoms with E-state index in [4.69, 9.17) is 5.73 Å². The number of carbonyl (C=O) groups is 2. The minimum atomic E-state index is -0.661. The van der Waals surface area contributed by atoms with E-state index in [0.29, 0.717) is 25.2 Å². The second kappa shape index (κ2) is 5.57. The third-order valence-electron chi connectivity index (χ3n) is 4.13. The second-order valence-corrected chi connectivity index (χ2v) is 6.00. The maximum Gasteiger partial charge on any atom is 0.319 e. The lowest BCUT2D eigenvalue weighted by Crippen LogP contribution is -2.46. The number of rotatable bonds is 3. The summed E-state index contributed by atoms with van der Waals surface area (Å²) in [4.78, 5) is 25.7. The molecule has 1 aromatic rings. The van der Waals surface area contributed by atoms with Crippen LogP contribution in [0.1, 0.15) is 19.3 Å². The van der Waals surface area contributed by atoms with Gasteiger partial charge in [-0.2, -0.15) is 0 Å². The first-order valence-corrected chi connectivity index (χ1v) is 7.38. The Morgan fingerprint density at radius 1 is 1.27 bits per heavy atom. The standard InChI is InChI=1S/C15H19FN4O2/c16-10-1-3-11(4-2-10)18-14(22)19-12-5-8-20(9-12)13(21)15(17)6-7-15/h1-4,12H,5-9,17H2,(H2,18,19,22). The average Bonchev–Trinajstić information content (AvgIpc) is 3.07. The maximum absolute atomic E-state index is 12.8. The van der Waals surface area contributed by atoms with Crippen LogP contribution in [-0.4, -0.2) is 41.5 Å². The molecule has 7 heteroatoms. The Hall–Kier alpha value is -2.15. The molecule has 3 rings (SSSR count). The summed E-state index contributed by atoms with van der Waals surface area (Å²) in [7, 11) is 0. The van der Waals surface area contributed by atoms with E-state index < -0.39 is 5.54 Å². The van der Waals surface area contributed by atoms with Gasteiger partial charge in [-0.3, -0.25) is 4.79 Å². The topological polar surface area (TPSA) is 87.5 Å². The van der Waals surface area contributed by atoms with Gasteiger partial charge < -0.3 is 21.3 Å². The van der Waals surface area contributed by atoms with Crippen molar-refractivity contribution in [2.24, 2.45) is 5.73 Å². The van der Waals surface area contributed by atoms with Gasteiger partial charge in [-0.05, 0) is 43.5 Å². The zero-order valence-electron chi connectivity index (χ0n) is 12.1. The first-order chi connectivity index (χ1) is 10.5. The quantitative estimate of drug-likeness (QED) is 0.779. The van der Waals surface area contributed by atoms with Gasteiger partial charge in [0.2, 0.25) is 5.91 Å². The number of amides is 3. The molecule has 1 unspecified atom stereocenters. The van der Waals surface area contributed by atoms with E-state index in [0.717, 1.165) is 12.8 Å². The molecule has 6 nitrogen and oxygen atoms in total. The monoisotopic (exact) mass is 306 g/mol. The molecule has 1 aliphatic carbocycles. The normalized spacial score (nSPS) is 22.3. The molecule has 118 valence electrons. The van der Waals surface area contributed by atoms with Gasteiger partial charge in [0.1, 0.15) is 5.82 Å². The summed E-state index contributed by atoms with van der Waals surface area (Å²) >= 11 is 0. The molecule has 1 saturated heterocycles. The highest BCUT2D eigenvalue weighted by molar-refractivity contribution is 5.90. The summed E-state index contributed by atoms with van der Waals surface area (Å²) in [6, 6.07) is 5.09. The first kappa shape index (κ1) is 14.8. The van der Waals surface area contributed by atoms with Gasteiger partial charge in [0.15, 0.2) is 0 Å². The Bertz CT molecular complexity index is 586. The van der Waals surface area contributed by atoms with Gasteiger partial charge in [-0.1, -0.05) is 0 Å². The summed E-state index contributed by atoms with van der Waals surface area (Å²) in [5.41, 5.74) is 5.77. The molecule has 1 saturated carbocycles. The number of hydrogen-bond acceptors (Lipinski definition) is 3. The Labute approximate surface area is 127 Å². The van der Waals surface area contributed by atoms with E-state index in [2.05, 4.69) is 10.6 Å². The zero-order valence-corrected chi connectivity index (χ0v) is 12.1. The van der Waals surface area contributed by atoms with Crippen molar-refractivity contribution in [1.82, 2.24) is 10.2 Å². The number of halogens is 1. The Morgan fingerprint density at radius 3 is 2.59 bits per heavy atom. The number of urea groups is 1. The molecular formula is C15H19FN4O2. The van der Waals surface area contributed by atoms with E-state index in [-0.39, 0.29) is 23.8 Å². The van der Waals surface area contributed by atoms with Gasteiger partial charge in [0, 0.05) is 24.8 Å². The average molecular weight is 306 g/mol. The van der Waals surface area contributed by atoms with Crippen LogP contribution in [0.4, 0.5) is 14.9 Å². The molecule has 4 N–H and O–H groups in total. The van der Waals surface area contributed by atoms with Crippen molar-refractivity contribution in [1.29, 1.82) is 0 Å². The predicted molar refractivity (Wildman–Crippen MR) is 79.7 cm³/mol. The fraction of sp³-hybridized carbons (Fsp3) is 0.467. The summed E-state index contributed by atoms with van der Waals surface area (Å²) in [5.74, 6) is -0.373. The van der Waals surface area contributed by atoms with Crippen molar-refractivity contribution in [2.45, 2.75) is 30.8 Å². The largest absolute Gasteiger partial charge is 0.339 e. The third kappa shape index (κ3) is 3.19. The predicted octanol–water partition coefficient (Wildman–Crippen LogP) is 1.04. The minimum Gasteiger partial charge on any atom is -0.339 e. The molecule has 2 fully saturated rings. The van der Waals surface area contributed by atoms with Gasteiger partial charge >= 0.3 is 6.03 Å². The number of likely N-dealkylation sites (tertiary alicyclic amines) is 1. The molecule has 1 aromatic carbocycles. The number of hydrogen-bond donors (Lipinski definition) is 3.